The largest absolute Gasteiger partial charge is 0.348 e. The van der Waals surface area contributed by atoms with Crippen LogP contribution in [0.15, 0.2) is 0 Å². The number of nitrogens with one attached hydrogen (secondary N) is 1. The van der Waals surface area contributed by atoms with Gasteiger partial charge in [-0.3, -0.25) is 9.69 Å². The van der Waals surface area contributed by atoms with Crippen LogP contribution in [0.5, 0.6) is 0 Å². The smallest absolute Gasteiger partial charge is 0.237 e. The number of hydrogen-bond donors (Lipinski definition) is 1. The number of aromatic nitrogens is 2. The molecule has 1 heterocycles. The zero-order valence-corrected chi connectivity index (χ0v) is 11.5. The lowest BCUT2D eigenvalue weighted by Crippen LogP contribution is -2.41. The number of imidazole rings is 1. The lowest BCUT2D eigenvalue weighted by molar-refractivity contribution is -0.125. The second-order valence-electron chi connectivity index (χ2n) is 4.62. The molecule has 1 amide bonds. The molecule has 96 valence electrons. The molecule has 0 aliphatic heterocycles. The number of aryl methyl sites for hydroxylation is 1. The molecule has 0 spiro atoms. The molecular weight excluding hydrogens is 216 g/mol. The van der Waals surface area contributed by atoms with Crippen molar-refractivity contribution in [2.45, 2.75) is 33.4 Å². The van der Waals surface area contributed by atoms with E-state index in [4.69, 9.17) is 0 Å². The molecule has 0 unspecified atom stereocenters. The van der Waals surface area contributed by atoms with Crippen LogP contribution < -0.4 is 5.32 Å². The van der Waals surface area contributed by atoms with Crippen molar-refractivity contribution in [2.24, 2.45) is 7.05 Å². The lowest BCUT2D eigenvalue weighted by atomic mass is 10.3. The van der Waals surface area contributed by atoms with E-state index in [9.17, 15) is 4.79 Å². The molecule has 17 heavy (non-hydrogen) atoms. The molecule has 0 fully saturated rings. The first-order valence-electron chi connectivity index (χ1n) is 5.77. The van der Waals surface area contributed by atoms with E-state index in [1.54, 1.807) is 0 Å². The molecular formula is C12H22N4O. The first-order chi connectivity index (χ1) is 7.84. The Morgan fingerprint density at radius 1 is 1.47 bits per heavy atom. The second kappa shape index (κ2) is 5.31. The van der Waals surface area contributed by atoms with E-state index in [-0.39, 0.29) is 11.9 Å². The van der Waals surface area contributed by atoms with Gasteiger partial charge in [0.2, 0.25) is 5.91 Å². The van der Waals surface area contributed by atoms with E-state index in [2.05, 4.69) is 10.3 Å². The number of hydrogen-bond acceptors (Lipinski definition) is 3. The van der Waals surface area contributed by atoms with Gasteiger partial charge in [0, 0.05) is 12.7 Å². The number of nitrogens with zero attached hydrogens (tertiary/aromatic N) is 3. The molecule has 1 atom stereocenters. The van der Waals surface area contributed by atoms with Gasteiger partial charge in [-0.05, 0) is 34.9 Å². The van der Waals surface area contributed by atoms with E-state index in [1.807, 2.05) is 51.4 Å². The van der Waals surface area contributed by atoms with Crippen molar-refractivity contribution in [3.05, 3.63) is 17.2 Å². The number of rotatable bonds is 4. The van der Waals surface area contributed by atoms with Crippen molar-refractivity contribution < 1.29 is 4.79 Å². The average molecular weight is 238 g/mol. The molecule has 0 radical (unpaired) electrons. The van der Waals surface area contributed by atoms with Crippen LogP contribution >= 0.6 is 0 Å². The highest BCUT2D eigenvalue weighted by atomic mass is 16.2. The molecule has 0 bridgehead atoms. The third kappa shape index (κ3) is 3.06. The fraction of sp³-hybridized carbons (Fsp3) is 0.667. The fourth-order valence-electron chi connectivity index (χ4n) is 1.49. The summed E-state index contributed by atoms with van der Waals surface area (Å²) in [4.78, 5) is 18.1. The molecule has 1 rings (SSSR count). The van der Waals surface area contributed by atoms with Gasteiger partial charge in [0.1, 0.15) is 5.82 Å². The summed E-state index contributed by atoms with van der Waals surface area (Å²) in [5.74, 6) is 0.910. The molecule has 0 aromatic carbocycles. The quantitative estimate of drug-likeness (QED) is 0.836. The number of carbonyl (C=O) groups is 1. The summed E-state index contributed by atoms with van der Waals surface area (Å²) in [6.07, 6.45) is 0. The van der Waals surface area contributed by atoms with Gasteiger partial charge < -0.3 is 9.88 Å². The van der Waals surface area contributed by atoms with Crippen LogP contribution in [0.2, 0.25) is 0 Å². The molecule has 0 saturated heterocycles. The third-order valence-corrected chi connectivity index (χ3v) is 3.29. The van der Waals surface area contributed by atoms with Crippen molar-refractivity contribution in [2.75, 3.05) is 14.1 Å². The predicted octanol–water partition coefficient (Wildman–Crippen LogP) is 0.603. The minimum absolute atomic E-state index is 0.0216. The maximum Gasteiger partial charge on any atom is 0.237 e. The van der Waals surface area contributed by atoms with Crippen molar-refractivity contribution in [1.82, 2.24) is 19.8 Å². The molecule has 5 heteroatoms. The standard InChI is InChI=1S/C12H22N4O/c1-8-9(2)16(6)11(14-8)7-13-12(17)10(3)15(4)5/h10H,7H2,1-6H3,(H,13,17)/t10-/m1/s1. The zero-order chi connectivity index (χ0) is 13.2. The molecule has 0 saturated carbocycles. The SMILES string of the molecule is Cc1nc(CNC(=O)[C@@H](C)N(C)C)n(C)c1C. The van der Waals surface area contributed by atoms with Crippen molar-refractivity contribution >= 4 is 5.91 Å². The van der Waals surface area contributed by atoms with E-state index in [0.29, 0.717) is 6.54 Å². The molecule has 1 aromatic rings. The highest BCUT2D eigenvalue weighted by Crippen LogP contribution is 2.07. The number of carbonyl (C=O) groups excluding carboxylic acids is 1. The van der Waals surface area contributed by atoms with Gasteiger partial charge in [-0.15, -0.1) is 0 Å². The second-order valence-corrected chi connectivity index (χ2v) is 4.62. The Morgan fingerprint density at radius 3 is 2.47 bits per heavy atom. The van der Waals surface area contributed by atoms with Gasteiger partial charge >= 0.3 is 0 Å². The fourth-order valence-corrected chi connectivity index (χ4v) is 1.49. The lowest BCUT2D eigenvalue weighted by Gasteiger charge is -2.18. The van der Waals surface area contributed by atoms with Gasteiger partial charge in [0.05, 0.1) is 18.3 Å². The highest BCUT2D eigenvalue weighted by molar-refractivity contribution is 5.81. The summed E-state index contributed by atoms with van der Waals surface area (Å²) in [6, 6.07) is -0.127. The Bertz CT molecular complexity index is 409. The van der Waals surface area contributed by atoms with Gasteiger partial charge in [-0.25, -0.2) is 4.98 Å². The summed E-state index contributed by atoms with van der Waals surface area (Å²) < 4.78 is 2.01. The first kappa shape index (κ1) is 13.7. The van der Waals surface area contributed by atoms with Crippen LogP contribution in [0.3, 0.4) is 0 Å². The minimum atomic E-state index is -0.127. The Balaban J connectivity index is 2.62. The summed E-state index contributed by atoms with van der Waals surface area (Å²) in [6.45, 7) is 6.35. The zero-order valence-electron chi connectivity index (χ0n) is 11.5. The molecule has 5 nitrogen and oxygen atoms in total. The maximum atomic E-state index is 11.8. The van der Waals surface area contributed by atoms with E-state index >= 15 is 0 Å². The Labute approximate surface area is 103 Å². The molecule has 0 aliphatic carbocycles. The Kier molecular flexibility index (Phi) is 4.28. The van der Waals surface area contributed by atoms with Gasteiger partial charge in [0.25, 0.3) is 0 Å². The third-order valence-electron chi connectivity index (χ3n) is 3.29. The van der Waals surface area contributed by atoms with Crippen LogP contribution in [-0.2, 0) is 18.4 Å². The van der Waals surface area contributed by atoms with Crippen LogP contribution in [0, 0.1) is 13.8 Å². The van der Waals surface area contributed by atoms with Gasteiger partial charge in [-0.1, -0.05) is 0 Å². The average Bonchev–Trinajstić information content (AvgIpc) is 2.52. The van der Waals surface area contributed by atoms with E-state index in [0.717, 1.165) is 17.2 Å². The van der Waals surface area contributed by atoms with Gasteiger partial charge in [0.15, 0.2) is 0 Å². The van der Waals surface area contributed by atoms with Crippen LogP contribution in [0.1, 0.15) is 24.1 Å². The summed E-state index contributed by atoms with van der Waals surface area (Å²) >= 11 is 0. The Morgan fingerprint density at radius 2 is 2.06 bits per heavy atom. The monoisotopic (exact) mass is 238 g/mol. The number of likely N-dealkylation sites (N-methyl/N-ethyl adjacent to an activating group) is 1. The van der Waals surface area contributed by atoms with Crippen molar-refractivity contribution in [3.8, 4) is 0 Å². The predicted molar refractivity (Wildman–Crippen MR) is 67.7 cm³/mol. The van der Waals surface area contributed by atoms with E-state index in [1.165, 1.54) is 0 Å². The van der Waals surface area contributed by atoms with Crippen LogP contribution in [0.4, 0.5) is 0 Å². The summed E-state index contributed by atoms with van der Waals surface area (Å²) in [5.41, 5.74) is 2.15. The summed E-state index contributed by atoms with van der Waals surface area (Å²) in [5, 5.41) is 2.90. The molecule has 0 aliphatic rings. The van der Waals surface area contributed by atoms with Crippen molar-refractivity contribution in [1.29, 1.82) is 0 Å². The molecule has 1 N–H and O–H groups in total. The number of amides is 1. The van der Waals surface area contributed by atoms with Crippen LogP contribution in [0.25, 0.3) is 0 Å². The minimum Gasteiger partial charge on any atom is -0.348 e. The molecule has 1 aromatic heterocycles. The topological polar surface area (TPSA) is 50.2 Å². The highest BCUT2D eigenvalue weighted by Gasteiger charge is 2.15. The van der Waals surface area contributed by atoms with E-state index < -0.39 is 0 Å². The first-order valence-corrected chi connectivity index (χ1v) is 5.77. The summed E-state index contributed by atoms with van der Waals surface area (Å²) in [7, 11) is 5.74. The Hall–Kier alpha value is -1.36. The normalized spacial score (nSPS) is 12.9. The maximum absolute atomic E-state index is 11.8. The van der Waals surface area contributed by atoms with Gasteiger partial charge in [-0.2, -0.15) is 0 Å². The van der Waals surface area contributed by atoms with Crippen LogP contribution in [-0.4, -0.2) is 40.5 Å². The van der Waals surface area contributed by atoms with Crippen molar-refractivity contribution in [3.63, 3.8) is 0 Å².